The summed E-state index contributed by atoms with van der Waals surface area (Å²) in [6.45, 7) is 15.9. The highest BCUT2D eigenvalue weighted by atomic mass is 14.7. The highest BCUT2D eigenvalue weighted by molar-refractivity contribution is 5.87. The Bertz CT molecular complexity index is 850. The summed E-state index contributed by atoms with van der Waals surface area (Å²) in [4.78, 5) is 3.39. The molecule has 0 amide bonds. The Kier molecular flexibility index (Phi) is 3.86. The van der Waals surface area contributed by atoms with E-state index in [9.17, 15) is 0 Å². The third kappa shape index (κ3) is 3.13. The van der Waals surface area contributed by atoms with E-state index in [4.69, 9.17) is 0 Å². The molecule has 1 N–H and O–H groups in total. The van der Waals surface area contributed by atoms with Crippen molar-refractivity contribution in [3.8, 4) is 11.1 Å². The first-order valence-electron chi connectivity index (χ1n) is 8.80. The molecule has 24 heavy (non-hydrogen) atoms. The summed E-state index contributed by atoms with van der Waals surface area (Å²) in [5, 5.41) is 1.31. The van der Waals surface area contributed by atoms with Gasteiger partial charge in [0.1, 0.15) is 0 Å². The molecule has 0 aliphatic rings. The largest absolute Gasteiger partial charge is 0.361 e. The Labute approximate surface area is 146 Å². The van der Waals surface area contributed by atoms with Gasteiger partial charge in [0.15, 0.2) is 0 Å². The van der Waals surface area contributed by atoms with Gasteiger partial charge < -0.3 is 4.98 Å². The first kappa shape index (κ1) is 16.8. The zero-order valence-electron chi connectivity index (χ0n) is 16.0. The number of H-pyrrole nitrogens is 1. The quantitative estimate of drug-likeness (QED) is 0.511. The number of nitrogens with one attached hydrogen (secondary N) is 1. The molecule has 2 aromatic carbocycles. The third-order valence-electron chi connectivity index (χ3n) is 4.89. The molecule has 1 aromatic heterocycles. The molecular weight excluding hydrogens is 290 g/mol. The minimum absolute atomic E-state index is 0.142. The van der Waals surface area contributed by atoms with Crippen LogP contribution in [0.1, 0.15) is 58.2 Å². The van der Waals surface area contributed by atoms with Crippen molar-refractivity contribution in [3.63, 3.8) is 0 Å². The van der Waals surface area contributed by atoms with Crippen LogP contribution in [0.3, 0.4) is 0 Å². The van der Waals surface area contributed by atoms with Crippen molar-refractivity contribution < 1.29 is 0 Å². The van der Waals surface area contributed by atoms with Gasteiger partial charge in [-0.15, -0.1) is 0 Å². The van der Waals surface area contributed by atoms with E-state index in [0.29, 0.717) is 0 Å². The van der Waals surface area contributed by atoms with Gasteiger partial charge in [-0.05, 0) is 51.6 Å². The Hall–Kier alpha value is -2.02. The van der Waals surface area contributed by atoms with Gasteiger partial charge in [0, 0.05) is 17.1 Å². The Morgan fingerprint density at radius 3 is 1.83 bits per heavy atom. The summed E-state index contributed by atoms with van der Waals surface area (Å²) in [5.74, 6) is 0. The monoisotopic (exact) mass is 319 g/mol. The number of hydrogen-bond donors (Lipinski definition) is 1. The van der Waals surface area contributed by atoms with Gasteiger partial charge in [-0.3, -0.25) is 0 Å². The standard InChI is InChI=1S/C23H29N/c1-15-14-24-21-12-16(8-9-20(15)21)17-10-18(22(2,3)4)13-19(11-17)23(5,6)7/h8-14,24H,1-7H3. The van der Waals surface area contributed by atoms with E-state index in [1.165, 1.54) is 38.7 Å². The molecule has 0 spiro atoms. The van der Waals surface area contributed by atoms with Crippen LogP contribution in [0, 0.1) is 6.92 Å². The fourth-order valence-corrected chi connectivity index (χ4v) is 3.11. The second-order valence-electron chi connectivity index (χ2n) is 9.03. The highest BCUT2D eigenvalue weighted by Gasteiger charge is 2.21. The SMILES string of the molecule is Cc1c[nH]c2cc(-c3cc(C(C)(C)C)cc(C(C)(C)C)c3)ccc12. The summed E-state index contributed by atoms with van der Waals surface area (Å²) in [6.07, 6.45) is 2.08. The van der Waals surface area contributed by atoms with Crippen LogP contribution < -0.4 is 0 Å². The third-order valence-corrected chi connectivity index (χ3v) is 4.89. The van der Waals surface area contributed by atoms with Crippen LogP contribution in [-0.4, -0.2) is 4.98 Å². The molecule has 0 saturated carbocycles. The number of benzene rings is 2. The van der Waals surface area contributed by atoms with Gasteiger partial charge in [-0.25, -0.2) is 0 Å². The molecule has 0 saturated heterocycles. The summed E-state index contributed by atoms with van der Waals surface area (Å²) >= 11 is 0. The fraction of sp³-hybridized carbons (Fsp3) is 0.391. The number of aromatic amines is 1. The highest BCUT2D eigenvalue weighted by Crippen LogP contribution is 2.34. The van der Waals surface area contributed by atoms with Gasteiger partial charge in [0.2, 0.25) is 0 Å². The lowest BCUT2D eigenvalue weighted by atomic mass is 9.79. The van der Waals surface area contributed by atoms with Gasteiger partial charge in [-0.2, -0.15) is 0 Å². The van der Waals surface area contributed by atoms with Crippen LogP contribution in [-0.2, 0) is 10.8 Å². The lowest BCUT2D eigenvalue weighted by Gasteiger charge is -2.26. The first-order chi connectivity index (χ1) is 11.1. The second kappa shape index (κ2) is 5.51. The van der Waals surface area contributed by atoms with Crippen molar-refractivity contribution in [2.45, 2.75) is 59.3 Å². The van der Waals surface area contributed by atoms with Crippen LogP contribution in [0.4, 0.5) is 0 Å². The van der Waals surface area contributed by atoms with Crippen LogP contribution in [0.15, 0.2) is 42.6 Å². The Balaban J connectivity index is 2.21. The minimum Gasteiger partial charge on any atom is -0.361 e. The van der Waals surface area contributed by atoms with Gasteiger partial charge >= 0.3 is 0 Å². The molecule has 1 heterocycles. The smallest absolute Gasteiger partial charge is 0.0462 e. The van der Waals surface area contributed by atoms with Crippen molar-refractivity contribution in [1.29, 1.82) is 0 Å². The summed E-state index contributed by atoms with van der Waals surface area (Å²) in [6, 6.07) is 13.8. The number of rotatable bonds is 1. The maximum atomic E-state index is 3.39. The maximum absolute atomic E-state index is 3.39. The van der Waals surface area contributed by atoms with Crippen molar-refractivity contribution in [1.82, 2.24) is 4.98 Å². The zero-order valence-corrected chi connectivity index (χ0v) is 16.0. The maximum Gasteiger partial charge on any atom is 0.0462 e. The van der Waals surface area contributed by atoms with Crippen LogP contribution in [0.5, 0.6) is 0 Å². The van der Waals surface area contributed by atoms with Crippen molar-refractivity contribution >= 4 is 10.9 Å². The predicted molar refractivity (Wildman–Crippen MR) is 106 cm³/mol. The van der Waals surface area contributed by atoms with Crippen molar-refractivity contribution in [2.75, 3.05) is 0 Å². The number of hydrogen-bond acceptors (Lipinski definition) is 0. The second-order valence-corrected chi connectivity index (χ2v) is 9.03. The van der Waals surface area contributed by atoms with E-state index in [1.807, 2.05) is 0 Å². The van der Waals surface area contributed by atoms with E-state index in [1.54, 1.807) is 0 Å². The van der Waals surface area contributed by atoms with E-state index >= 15 is 0 Å². The van der Waals surface area contributed by atoms with E-state index in [-0.39, 0.29) is 10.8 Å². The number of fused-ring (bicyclic) bond motifs is 1. The molecule has 3 rings (SSSR count). The number of aromatic nitrogens is 1. The molecule has 0 unspecified atom stereocenters. The van der Waals surface area contributed by atoms with E-state index in [0.717, 1.165) is 0 Å². The Morgan fingerprint density at radius 2 is 1.29 bits per heavy atom. The zero-order chi connectivity index (χ0) is 17.7. The molecular formula is C23H29N. The molecule has 126 valence electrons. The molecule has 1 nitrogen and oxygen atoms in total. The van der Waals surface area contributed by atoms with Gasteiger partial charge in [-0.1, -0.05) is 71.9 Å². The molecule has 0 bridgehead atoms. The molecule has 0 atom stereocenters. The van der Waals surface area contributed by atoms with Crippen LogP contribution in [0.25, 0.3) is 22.0 Å². The van der Waals surface area contributed by atoms with Crippen LogP contribution in [0.2, 0.25) is 0 Å². The lowest BCUT2D eigenvalue weighted by Crippen LogP contribution is -2.16. The average molecular weight is 319 g/mol. The predicted octanol–water partition coefficient (Wildman–Crippen LogP) is 6.74. The molecule has 0 radical (unpaired) electrons. The normalized spacial score (nSPS) is 12.8. The van der Waals surface area contributed by atoms with Gasteiger partial charge in [0.05, 0.1) is 0 Å². The molecule has 1 heteroatoms. The average Bonchev–Trinajstić information content (AvgIpc) is 2.86. The molecule has 0 aliphatic carbocycles. The Morgan fingerprint density at radius 1 is 0.708 bits per heavy atom. The molecule has 0 aliphatic heterocycles. The minimum atomic E-state index is 0.142. The molecule has 0 fully saturated rings. The van der Waals surface area contributed by atoms with Gasteiger partial charge in [0.25, 0.3) is 0 Å². The number of aryl methyl sites for hydroxylation is 1. The topological polar surface area (TPSA) is 15.8 Å². The van der Waals surface area contributed by atoms with Crippen molar-refractivity contribution in [3.05, 3.63) is 59.3 Å². The molecule has 3 aromatic rings. The summed E-state index contributed by atoms with van der Waals surface area (Å²) in [5.41, 5.74) is 8.17. The summed E-state index contributed by atoms with van der Waals surface area (Å²) in [7, 11) is 0. The van der Waals surface area contributed by atoms with E-state index in [2.05, 4.69) is 96.0 Å². The van der Waals surface area contributed by atoms with Crippen molar-refractivity contribution in [2.24, 2.45) is 0 Å². The van der Waals surface area contributed by atoms with E-state index < -0.39 is 0 Å². The first-order valence-corrected chi connectivity index (χ1v) is 8.80. The fourth-order valence-electron chi connectivity index (χ4n) is 3.11. The summed E-state index contributed by atoms with van der Waals surface area (Å²) < 4.78 is 0. The lowest BCUT2D eigenvalue weighted by molar-refractivity contribution is 0.569. The van der Waals surface area contributed by atoms with Crippen LogP contribution >= 0.6 is 0 Å².